The molecule has 0 spiro atoms. The van der Waals surface area contributed by atoms with Crippen molar-refractivity contribution in [2.75, 3.05) is 13.1 Å². The minimum Gasteiger partial charge on any atom is -0.339 e. The molecule has 0 aromatic heterocycles. The Balaban J connectivity index is 1.36. The van der Waals surface area contributed by atoms with Gasteiger partial charge in [0.25, 0.3) is 0 Å². The number of carbonyl (C=O) groups excluding carboxylic acids is 1. The molecular formula is C16H20N2O. The monoisotopic (exact) mass is 256 g/mol. The Morgan fingerprint density at radius 1 is 1.21 bits per heavy atom. The van der Waals surface area contributed by atoms with E-state index in [1.165, 1.54) is 18.4 Å². The van der Waals surface area contributed by atoms with Crippen LogP contribution in [0.3, 0.4) is 0 Å². The summed E-state index contributed by atoms with van der Waals surface area (Å²) in [5.74, 6) is 1.67. The lowest BCUT2D eigenvalue weighted by atomic mass is 9.85. The van der Waals surface area contributed by atoms with Crippen molar-refractivity contribution in [2.24, 2.45) is 17.6 Å². The van der Waals surface area contributed by atoms with Crippen molar-refractivity contribution >= 4 is 5.91 Å². The molecule has 3 aliphatic rings. The Morgan fingerprint density at radius 3 is 2.53 bits per heavy atom. The molecule has 2 saturated carbocycles. The summed E-state index contributed by atoms with van der Waals surface area (Å²) in [6, 6.07) is 10.4. The normalized spacial score (nSPS) is 31.7. The highest BCUT2D eigenvalue weighted by Crippen LogP contribution is 2.50. The molecule has 1 amide bonds. The Morgan fingerprint density at radius 2 is 1.89 bits per heavy atom. The van der Waals surface area contributed by atoms with E-state index in [1.54, 1.807) is 0 Å². The Bertz CT molecular complexity index is 503. The van der Waals surface area contributed by atoms with Gasteiger partial charge in [-0.2, -0.15) is 0 Å². The maximum atomic E-state index is 12.4. The molecule has 100 valence electrons. The first-order chi connectivity index (χ1) is 9.17. The van der Waals surface area contributed by atoms with Gasteiger partial charge in [0.05, 0.1) is 5.54 Å². The van der Waals surface area contributed by atoms with Gasteiger partial charge in [-0.05, 0) is 36.7 Å². The average molecular weight is 256 g/mol. The zero-order valence-electron chi connectivity index (χ0n) is 11.1. The third kappa shape index (κ3) is 1.88. The summed E-state index contributed by atoms with van der Waals surface area (Å²) < 4.78 is 0. The van der Waals surface area contributed by atoms with Gasteiger partial charge in [-0.25, -0.2) is 0 Å². The first kappa shape index (κ1) is 11.5. The van der Waals surface area contributed by atoms with Crippen LogP contribution in [0.15, 0.2) is 30.3 Å². The van der Waals surface area contributed by atoms with E-state index in [0.717, 1.165) is 19.5 Å². The second kappa shape index (κ2) is 3.83. The molecule has 0 radical (unpaired) electrons. The number of nitrogens with two attached hydrogens (primary N) is 1. The molecule has 1 aromatic rings. The quantitative estimate of drug-likeness (QED) is 0.895. The minimum atomic E-state index is -0.0488. The van der Waals surface area contributed by atoms with E-state index in [4.69, 9.17) is 5.73 Å². The molecule has 1 aliphatic heterocycles. The predicted octanol–water partition coefficient (Wildman–Crippen LogP) is 1.74. The van der Waals surface area contributed by atoms with Gasteiger partial charge in [-0.15, -0.1) is 0 Å². The molecule has 2 aliphatic carbocycles. The van der Waals surface area contributed by atoms with Crippen LogP contribution in [0.4, 0.5) is 0 Å². The molecular weight excluding hydrogens is 236 g/mol. The van der Waals surface area contributed by atoms with Gasteiger partial charge in [0.15, 0.2) is 0 Å². The third-order valence-electron chi connectivity index (χ3n) is 5.01. The van der Waals surface area contributed by atoms with E-state index < -0.39 is 0 Å². The van der Waals surface area contributed by atoms with Crippen molar-refractivity contribution in [1.29, 1.82) is 0 Å². The number of likely N-dealkylation sites (tertiary alicyclic amines) is 1. The summed E-state index contributed by atoms with van der Waals surface area (Å²) in [5.41, 5.74) is 7.57. The first-order valence-corrected chi connectivity index (χ1v) is 7.30. The van der Waals surface area contributed by atoms with Gasteiger partial charge in [0.1, 0.15) is 0 Å². The summed E-state index contributed by atoms with van der Waals surface area (Å²) in [7, 11) is 0. The van der Waals surface area contributed by atoms with Crippen LogP contribution in [0, 0.1) is 11.8 Å². The number of hydrogen-bond acceptors (Lipinski definition) is 2. The summed E-state index contributed by atoms with van der Waals surface area (Å²) in [6.45, 7) is 1.57. The zero-order chi connectivity index (χ0) is 13.0. The van der Waals surface area contributed by atoms with Crippen LogP contribution < -0.4 is 5.73 Å². The first-order valence-electron chi connectivity index (χ1n) is 7.30. The van der Waals surface area contributed by atoms with E-state index in [2.05, 4.69) is 24.3 Å². The second-order valence-electron chi connectivity index (χ2n) is 6.56. The molecule has 1 saturated heterocycles. The second-order valence-corrected chi connectivity index (χ2v) is 6.56. The smallest absolute Gasteiger partial charge is 0.226 e. The molecule has 3 nitrogen and oxygen atoms in total. The van der Waals surface area contributed by atoms with Crippen molar-refractivity contribution < 1.29 is 4.79 Å². The van der Waals surface area contributed by atoms with E-state index in [9.17, 15) is 4.79 Å². The summed E-state index contributed by atoms with van der Waals surface area (Å²) in [6.07, 6.45) is 3.53. The van der Waals surface area contributed by atoms with E-state index in [-0.39, 0.29) is 11.5 Å². The lowest BCUT2D eigenvalue weighted by Gasteiger charge is -2.48. The largest absolute Gasteiger partial charge is 0.339 e. The molecule has 4 rings (SSSR count). The van der Waals surface area contributed by atoms with Crippen LogP contribution in [-0.4, -0.2) is 29.4 Å². The van der Waals surface area contributed by atoms with Crippen LogP contribution in [0.5, 0.6) is 0 Å². The number of nitrogens with zero attached hydrogens (tertiary/aromatic N) is 1. The van der Waals surface area contributed by atoms with Gasteiger partial charge in [-0.3, -0.25) is 4.79 Å². The van der Waals surface area contributed by atoms with Gasteiger partial charge in [0, 0.05) is 19.0 Å². The predicted molar refractivity (Wildman–Crippen MR) is 73.5 cm³/mol. The van der Waals surface area contributed by atoms with E-state index >= 15 is 0 Å². The summed E-state index contributed by atoms with van der Waals surface area (Å²) >= 11 is 0. The van der Waals surface area contributed by atoms with Crippen molar-refractivity contribution in [3.8, 4) is 0 Å². The fraction of sp³-hybridized carbons (Fsp3) is 0.562. The van der Waals surface area contributed by atoms with Crippen LogP contribution in [0.2, 0.25) is 0 Å². The number of carbonyl (C=O) groups is 1. The van der Waals surface area contributed by atoms with Crippen LogP contribution >= 0.6 is 0 Å². The van der Waals surface area contributed by atoms with E-state index in [0.29, 0.717) is 17.7 Å². The summed E-state index contributed by atoms with van der Waals surface area (Å²) in [5, 5.41) is 0. The van der Waals surface area contributed by atoms with Crippen molar-refractivity contribution in [1.82, 2.24) is 4.90 Å². The fourth-order valence-corrected chi connectivity index (χ4v) is 3.51. The number of hydrogen-bond donors (Lipinski definition) is 1. The minimum absolute atomic E-state index is 0.0488. The lowest BCUT2D eigenvalue weighted by Crippen LogP contribution is -2.70. The average Bonchev–Trinajstić information content (AvgIpc) is 3.28. The molecule has 3 fully saturated rings. The van der Waals surface area contributed by atoms with Crippen LogP contribution in [0.1, 0.15) is 30.7 Å². The van der Waals surface area contributed by atoms with Crippen molar-refractivity contribution in [3.05, 3.63) is 35.9 Å². The van der Waals surface area contributed by atoms with Crippen LogP contribution in [0.25, 0.3) is 0 Å². The third-order valence-corrected chi connectivity index (χ3v) is 5.01. The maximum absolute atomic E-state index is 12.4. The highest BCUT2D eigenvalue weighted by Gasteiger charge is 2.55. The highest BCUT2D eigenvalue weighted by atomic mass is 16.2. The van der Waals surface area contributed by atoms with Crippen molar-refractivity contribution in [3.63, 3.8) is 0 Å². The molecule has 2 N–H and O–H groups in total. The molecule has 19 heavy (non-hydrogen) atoms. The number of rotatable bonds is 3. The molecule has 1 aromatic carbocycles. The van der Waals surface area contributed by atoms with Gasteiger partial charge >= 0.3 is 0 Å². The maximum Gasteiger partial charge on any atom is 0.226 e. The van der Waals surface area contributed by atoms with Gasteiger partial charge in [0.2, 0.25) is 5.91 Å². The molecule has 0 bridgehead atoms. The Hall–Kier alpha value is -1.35. The standard InChI is InChI=1S/C16H20N2O/c17-16(12-6-7-12)9-18(10-16)15(19)14-8-13(14)11-4-2-1-3-5-11/h1-5,12-14H,6-10,17H2. The van der Waals surface area contributed by atoms with Crippen LogP contribution in [-0.2, 0) is 4.79 Å². The molecule has 2 unspecified atom stereocenters. The Labute approximate surface area is 113 Å². The fourth-order valence-electron chi connectivity index (χ4n) is 3.51. The number of amides is 1. The molecule has 1 heterocycles. The SMILES string of the molecule is NC1(C2CC2)CN(C(=O)C2CC2c2ccccc2)C1. The lowest BCUT2D eigenvalue weighted by molar-refractivity contribution is -0.140. The van der Waals surface area contributed by atoms with Gasteiger partial charge < -0.3 is 10.6 Å². The van der Waals surface area contributed by atoms with Gasteiger partial charge in [-0.1, -0.05) is 30.3 Å². The summed E-state index contributed by atoms with van der Waals surface area (Å²) in [4.78, 5) is 14.4. The Kier molecular flexibility index (Phi) is 2.31. The zero-order valence-corrected chi connectivity index (χ0v) is 11.1. The molecule has 3 heteroatoms. The van der Waals surface area contributed by atoms with Crippen molar-refractivity contribution in [2.45, 2.75) is 30.7 Å². The molecule has 2 atom stereocenters. The van der Waals surface area contributed by atoms with E-state index in [1.807, 2.05) is 11.0 Å². The highest BCUT2D eigenvalue weighted by molar-refractivity contribution is 5.84. The topological polar surface area (TPSA) is 46.3 Å². The number of benzene rings is 1.